The third-order valence-corrected chi connectivity index (χ3v) is 5.41. The first-order valence-electron chi connectivity index (χ1n) is 9.07. The number of hydrogen-bond donors (Lipinski definition) is 1. The molecule has 0 bridgehead atoms. The van der Waals surface area contributed by atoms with Crippen LogP contribution >= 0.6 is 0 Å². The molecule has 154 valence electrons. The van der Waals surface area contributed by atoms with Crippen LogP contribution in [0.25, 0.3) is 5.82 Å². The van der Waals surface area contributed by atoms with Crippen molar-refractivity contribution in [3.63, 3.8) is 0 Å². The Kier molecular flexibility index (Phi) is 5.19. The second-order valence-corrected chi connectivity index (χ2v) is 8.28. The minimum absolute atomic E-state index is 0.0383. The molecule has 0 spiro atoms. The molecule has 11 heteroatoms. The Labute approximate surface area is 173 Å². The van der Waals surface area contributed by atoms with E-state index in [0.717, 1.165) is 0 Å². The van der Waals surface area contributed by atoms with Crippen molar-refractivity contribution in [1.82, 2.24) is 29.3 Å². The van der Waals surface area contributed by atoms with Crippen molar-refractivity contribution in [1.29, 1.82) is 0 Å². The molecule has 0 unspecified atom stereocenters. The van der Waals surface area contributed by atoms with Crippen molar-refractivity contribution < 1.29 is 13.2 Å². The van der Waals surface area contributed by atoms with Gasteiger partial charge in [0.2, 0.25) is 5.88 Å². The number of nitrogens with zero attached hydrogens (tertiary/aromatic N) is 6. The minimum atomic E-state index is -3.78. The molecule has 0 aliphatic carbocycles. The Morgan fingerprint density at radius 1 is 1.10 bits per heavy atom. The summed E-state index contributed by atoms with van der Waals surface area (Å²) in [5.41, 5.74) is 0.390. The lowest BCUT2D eigenvalue weighted by Gasteiger charge is -2.09. The van der Waals surface area contributed by atoms with Gasteiger partial charge in [-0.05, 0) is 44.2 Å². The number of sulfonamides is 1. The molecule has 1 aromatic carbocycles. The lowest BCUT2D eigenvalue weighted by atomic mass is 10.3. The molecule has 1 N–H and O–H groups in total. The molecule has 4 rings (SSSR count). The number of ether oxygens (including phenoxy) is 1. The van der Waals surface area contributed by atoms with E-state index in [0.29, 0.717) is 23.1 Å². The number of hydrogen-bond acceptors (Lipinski definition) is 7. The zero-order chi connectivity index (χ0) is 21.1. The van der Waals surface area contributed by atoms with Crippen molar-refractivity contribution in [3.05, 3.63) is 67.6 Å². The summed E-state index contributed by atoms with van der Waals surface area (Å²) in [5, 5.41) is 4.08. The Bertz CT molecular complexity index is 1230. The van der Waals surface area contributed by atoms with E-state index in [9.17, 15) is 8.42 Å². The second kappa shape index (κ2) is 7.95. The molecule has 30 heavy (non-hydrogen) atoms. The monoisotopic (exact) mass is 425 g/mol. The smallest absolute Gasteiger partial charge is 0.280 e. The van der Waals surface area contributed by atoms with Crippen molar-refractivity contribution in [2.75, 3.05) is 4.72 Å². The Morgan fingerprint density at radius 3 is 2.57 bits per heavy atom. The van der Waals surface area contributed by atoms with Crippen molar-refractivity contribution in [2.24, 2.45) is 0 Å². The molecular formula is C19H19N7O3S. The number of nitrogens with one attached hydrogen (secondary N) is 1. The van der Waals surface area contributed by atoms with Gasteiger partial charge in [0.1, 0.15) is 12.1 Å². The Balaban J connectivity index is 1.46. The lowest BCUT2D eigenvalue weighted by Crippen LogP contribution is -2.13. The van der Waals surface area contributed by atoms with E-state index in [1.54, 1.807) is 58.0 Å². The maximum Gasteiger partial charge on any atom is 0.280 e. The van der Waals surface area contributed by atoms with E-state index in [-0.39, 0.29) is 11.1 Å². The number of benzene rings is 1. The molecule has 0 atom stereocenters. The summed E-state index contributed by atoms with van der Waals surface area (Å²) in [6.07, 6.45) is 7.78. The SMILES string of the molecule is CC(C)n1cnc(S(=O)(=O)Nc2ccc(Oc3cc(-n4cccn4)ncn3)cc2)c1. The van der Waals surface area contributed by atoms with Crippen molar-refractivity contribution in [3.8, 4) is 17.4 Å². The van der Waals surface area contributed by atoms with Crippen LogP contribution in [0.4, 0.5) is 5.69 Å². The highest BCUT2D eigenvalue weighted by atomic mass is 32.2. The van der Waals surface area contributed by atoms with Crippen LogP contribution in [0.2, 0.25) is 0 Å². The molecule has 3 aromatic heterocycles. The Morgan fingerprint density at radius 2 is 1.90 bits per heavy atom. The van der Waals surface area contributed by atoms with Gasteiger partial charge in [-0.15, -0.1) is 0 Å². The number of rotatable bonds is 7. The quantitative estimate of drug-likeness (QED) is 0.484. The number of anilines is 1. The second-order valence-electron chi connectivity index (χ2n) is 6.65. The van der Waals surface area contributed by atoms with Crippen LogP contribution in [0.5, 0.6) is 11.6 Å². The predicted octanol–water partition coefficient (Wildman–Crippen LogP) is 3.03. The largest absolute Gasteiger partial charge is 0.439 e. The maximum absolute atomic E-state index is 12.5. The van der Waals surface area contributed by atoms with Crippen LogP contribution in [-0.4, -0.2) is 37.7 Å². The van der Waals surface area contributed by atoms with Crippen LogP contribution in [0.15, 0.2) is 72.7 Å². The van der Waals surface area contributed by atoms with E-state index >= 15 is 0 Å². The van der Waals surface area contributed by atoms with Gasteiger partial charge in [-0.3, -0.25) is 4.72 Å². The summed E-state index contributed by atoms with van der Waals surface area (Å²) in [4.78, 5) is 12.2. The highest BCUT2D eigenvalue weighted by Crippen LogP contribution is 2.23. The first-order valence-corrected chi connectivity index (χ1v) is 10.6. The highest BCUT2D eigenvalue weighted by molar-refractivity contribution is 7.92. The predicted molar refractivity (Wildman–Crippen MR) is 109 cm³/mol. The molecule has 4 aromatic rings. The van der Waals surface area contributed by atoms with E-state index in [2.05, 4.69) is 24.8 Å². The molecule has 0 radical (unpaired) electrons. The zero-order valence-corrected chi connectivity index (χ0v) is 17.1. The average Bonchev–Trinajstić information content (AvgIpc) is 3.42. The first-order chi connectivity index (χ1) is 14.4. The highest BCUT2D eigenvalue weighted by Gasteiger charge is 2.18. The van der Waals surface area contributed by atoms with E-state index in [1.165, 1.54) is 18.9 Å². The molecule has 10 nitrogen and oxygen atoms in total. The van der Waals surface area contributed by atoms with Crippen LogP contribution in [0.1, 0.15) is 19.9 Å². The maximum atomic E-state index is 12.5. The van der Waals surface area contributed by atoms with Gasteiger partial charge in [-0.1, -0.05) is 0 Å². The van der Waals surface area contributed by atoms with Gasteiger partial charge < -0.3 is 9.30 Å². The molecule has 0 aliphatic heterocycles. The van der Waals surface area contributed by atoms with Crippen molar-refractivity contribution in [2.45, 2.75) is 24.9 Å². The third-order valence-electron chi connectivity index (χ3n) is 4.15. The van der Waals surface area contributed by atoms with Crippen LogP contribution < -0.4 is 9.46 Å². The van der Waals surface area contributed by atoms with Gasteiger partial charge in [-0.2, -0.15) is 13.5 Å². The van der Waals surface area contributed by atoms with E-state index in [4.69, 9.17) is 4.74 Å². The lowest BCUT2D eigenvalue weighted by molar-refractivity contribution is 0.460. The number of imidazole rings is 1. The summed E-state index contributed by atoms with van der Waals surface area (Å²) in [6, 6.07) is 10.0. The zero-order valence-electron chi connectivity index (χ0n) is 16.2. The standard InChI is InChI=1S/C19H19N7O3S/c1-14(2)25-11-19(22-13-25)30(27,28)24-15-4-6-16(7-5-15)29-18-10-17(20-12-21-18)26-9-3-8-23-26/h3-14,24H,1-2H3. The molecular weight excluding hydrogens is 406 g/mol. The fraction of sp³-hybridized carbons (Fsp3) is 0.158. The molecule has 0 saturated heterocycles. The summed E-state index contributed by atoms with van der Waals surface area (Å²) < 4.78 is 36.6. The van der Waals surface area contributed by atoms with Crippen LogP contribution in [0.3, 0.4) is 0 Å². The summed E-state index contributed by atoms with van der Waals surface area (Å²) in [5.74, 6) is 1.39. The van der Waals surface area contributed by atoms with Crippen molar-refractivity contribution >= 4 is 15.7 Å². The van der Waals surface area contributed by atoms with Gasteiger partial charge in [0, 0.05) is 36.4 Å². The first kappa shape index (κ1) is 19.6. The minimum Gasteiger partial charge on any atom is -0.439 e. The summed E-state index contributed by atoms with van der Waals surface area (Å²) in [6.45, 7) is 3.89. The third kappa shape index (κ3) is 4.30. The fourth-order valence-electron chi connectivity index (χ4n) is 2.57. The molecule has 0 saturated carbocycles. The molecule has 3 heterocycles. The topological polar surface area (TPSA) is 117 Å². The van der Waals surface area contributed by atoms with Gasteiger partial charge in [0.25, 0.3) is 10.0 Å². The number of aromatic nitrogens is 6. The Hall–Kier alpha value is -3.73. The molecule has 0 amide bonds. The fourth-order valence-corrected chi connectivity index (χ4v) is 3.57. The van der Waals surface area contributed by atoms with Crippen LogP contribution in [0, 0.1) is 0 Å². The normalized spacial score (nSPS) is 11.6. The van der Waals surface area contributed by atoms with Crippen LogP contribution in [-0.2, 0) is 10.0 Å². The van der Waals surface area contributed by atoms with E-state index in [1.807, 2.05) is 13.8 Å². The van der Waals surface area contributed by atoms with Gasteiger partial charge in [0.15, 0.2) is 10.8 Å². The summed E-state index contributed by atoms with van der Waals surface area (Å²) >= 11 is 0. The average molecular weight is 425 g/mol. The van der Waals surface area contributed by atoms with E-state index < -0.39 is 10.0 Å². The summed E-state index contributed by atoms with van der Waals surface area (Å²) in [7, 11) is -3.78. The molecule has 0 fully saturated rings. The molecule has 0 aliphatic rings. The van der Waals surface area contributed by atoms with Gasteiger partial charge >= 0.3 is 0 Å². The van der Waals surface area contributed by atoms with Gasteiger partial charge in [-0.25, -0.2) is 19.6 Å². The van der Waals surface area contributed by atoms with Gasteiger partial charge in [0.05, 0.1) is 6.33 Å².